The van der Waals surface area contributed by atoms with Crippen LogP contribution in [-0.4, -0.2) is 24.2 Å². The van der Waals surface area contributed by atoms with E-state index in [-0.39, 0.29) is 28.2 Å². The van der Waals surface area contributed by atoms with Gasteiger partial charge in [0.05, 0.1) is 15.9 Å². The zero-order valence-electron chi connectivity index (χ0n) is 16.8. The lowest BCUT2D eigenvalue weighted by Gasteiger charge is -2.14. The number of nitrogens with zero attached hydrogens (tertiary/aromatic N) is 2. The molecule has 0 fully saturated rings. The lowest BCUT2D eigenvalue weighted by Crippen LogP contribution is -2.26. The average molecular weight is 440 g/mol. The zero-order valence-corrected chi connectivity index (χ0v) is 17.6. The lowest BCUT2D eigenvalue weighted by molar-refractivity contribution is -0.385. The summed E-state index contributed by atoms with van der Waals surface area (Å²) < 4.78 is 27.5. The van der Waals surface area contributed by atoms with Gasteiger partial charge in [-0.1, -0.05) is 6.07 Å². The van der Waals surface area contributed by atoms with Crippen molar-refractivity contribution in [3.8, 4) is 0 Å². The summed E-state index contributed by atoms with van der Waals surface area (Å²) in [5.41, 5.74) is 1.57. The van der Waals surface area contributed by atoms with Crippen molar-refractivity contribution in [2.24, 2.45) is 0 Å². The molecule has 0 saturated carbocycles. The molecule has 3 rings (SSSR count). The Labute approximate surface area is 179 Å². The number of rotatable bonds is 7. The Bertz CT molecular complexity index is 1210. The molecule has 0 spiro atoms. The van der Waals surface area contributed by atoms with Crippen LogP contribution in [0.25, 0.3) is 0 Å². The van der Waals surface area contributed by atoms with Crippen molar-refractivity contribution >= 4 is 27.3 Å². The van der Waals surface area contributed by atoms with E-state index in [1.807, 2.05) is 6.92 Å². The van der Waals surface area contributed by atoms with Crippen molar-refractivity contribution in [2.75, 3.05) is 4.72 Å². The predicted molar refractivity (Wildman–Crippen MR) is 115 cm³/mol. The van der Waals surface area contributed by atoms with Crippen molar-refractivity contribution in [1.82, 2.24) is 10.3 Å². The molecule has 1 amide bonds. The van der Waals surface area contributed by atoms with Gasteiger partial charge in [0.1, 0.15) is 0 Å². The third-order valence-electron chi connectivity index (χ3n) is 4.64. The first-order valence-corrected chi connectivity index (χ1v) is 10.7. The maximum atomic E-state index is 12.6. The Hall–Kier alpha value is -3.79. The molecule has 160 valence electrons. The van der Waals surface area contributed by atoms with Gasteiger partial charge in [0, 0.05) is 35.3 Å². The van der Waals surface area contributed by atoms with Gasteiger partial charge < -0.3 is 5.32 Å². The number of amides is 1. The first kappa shape index (κ1) is 21.9. The fraction of sp³-hybridized carbons (Fsp3) is 0.143. The number of aromatic nitrogens is 1. The van der Waals surface area contributed by atoms with Gasteiger partial charge in [-0.05, 0) is 61.9 Å². The molecule has 9 nitrogen and oxygen atoms in total. The second kappa shape index (κ2) is 8.92. The second-order valence-electron chi connectivity index (χ2n) is 6.86. The minimum atomic E-state index is -4.04. The Morgan fingerprint density at radius 3 is 2.32 bits per heavy atom. The fourth-order valence-electron chi connectivity index (χ4n) is 2.87. The number of hydrogen-bond acceptors (Lipinski definition) is 6. The van der Waals surface area contributed by atoms with Crippen molar-refractivity contribution < 1.29 is 18.1 Å². The molecule has 10 heteroatoms. The van der Waals surface area contributed by atoms with Crippen LogP contribution < -0.4 is 10.0 Å². The molecule has 0 aliphatic heterocycles. The van der Waals surface area contributed by atoms with E-state index in [1.165, 1.54) is 43.3 Å². The fourth-order valence-corrected chi connectivity index (χ4v) is 3.95. The van der Waals surface area contributed by atoms with Crippen LogP contribution in [0, 0.1) is 17.0 Å². The number of carbonyl (C=O) groups is 1. The SMILES string of the molecule is Cc1ccc(S(=O)(=O)Nc2ccc(C(=O)NC(C)c3ccncc3)cc2)cc1[N+](=O)[O-]. The molecule has 0 aliphatic carbocycles. The van der Waals surface area contributed by atoms with Gasteiger partial charge in [0.2, 0.25) is 0 Å². The van der Waals surface area contributed by atoms with Crippen LogP contribution in [0.15, 0.2) is 71.9 Å². The number of nitro benzene ring substituents is 1. The lowest BCUT2D eigenvalue weighted by atomic mass is 10.1. The minimum Gasteiger partial charge on any atom is -0.346 e. The molecule has 1 atom stereocenters. The molecule has 3 aromatic rings. The van der Waals surface area contributed by atoms with Gasteiger partial charge in [-0.2, -0.15) is 0 Å². The summed E-state index contributed by atoms with van der Waals surface area (Å²) in [5, 5.41) is 13.9. The summed E-state index contributed by atoms with van der Waals surface area (Å²) in [6.45, 7) is 3.37. The Morgan fingerprint density at radius 2 is 1.71 bits per heavy atom. The highest BCUT2D eigenvalue weighted by atomic mass is 32.2. The second-order valence-corrected chi connectivity index (χ2v) is 8.55. The van der Waals surface area contributed by atoms with Crippen LogP contribution in [0.1, 0.15) is 34.5 Å². The number of sulfonamides is 1. The predicted octanol–water partition coefficient (Wildman–Crippen LogP) is 3.59. The van der Waals surface area contributed by atoms with E-state index in [0.717, 1.165) is 11.6 Å². The summed E-state index contributed by atoms with van der Waals surface area (Å²) in [6.07, 6.45) is 3.28. The number of nitro groups is 1. The van der Waals surface area contributed by atoms with E-state index in [1.54, 1.807) is 24.5 Å². The van der Waals surface area contributed by atoms with E-state index < -0.39 is 14.9 Å². The molecule has 2 N–H and O–H groups in total. The zero-order chi connectivity index (χ0) is 22.6. The third-order valence-corrected chi connectivity index (χ3v) is 6.02. The summed E-state index contributed by atoms with van der Waals surface area (Å²) in [7, 11) is -4.04. The van der Waals surface area contributed by atoms with E-state index in [4.69, 9.17) is 0 Å². The van der Waals surface area contributed by atoms with Crippen LogP contribution in [0.2, 0.25) is 0 Å². The van der Waals surface area contributed by atoms with Crippen LogP contribution in [0.3, 0.4) is 0 Å². The van der Waals surface area contributed by atoms with Crippen LogP contribution >= 0.6 is 0 Å². The monoisotopic (exact) mass is 440 g/mol. The Morgan fingerprint density at radius 1 is 1.06 bits per heavy atom. The van der Waals surface area contributed by atoms with Crippen LogP contribution in [0.5, 0.6) is 0 Å². The maximum Gasteiger partial charge on any atom is 0.273 e. The largest absolute Gasteiger partial charge is 0.346 e. The summed E-state index contributed by atoms with van der Waals surface area (Å²) >= 11 is 0. The van der Waals surface area contributed by atoms with Crippen molar-refractivity contribution in [3.63, 3.8) is 0 Å². The molecular weight excluding hydrogens is 420 g/mol. The van der Waals surface area contributed by atoms with Crippen molar-refractivity contribution in [3.05, 3.63) is 93.8 Å². The molecule has 1 aromatic heterocycles. The van der Waals surface area contributed by atoms with Gasteiger partial charge in [0.25, 0.3) is 21.6 Å². The Balaban J connectivity index is 1.72. The van der Waals surface area contributed by atoms with Crippen LogP contribution in [0.4, 0.5) is 11.4 Å². The average Bonchev–Trinajstić information content (AvgIpc) is 2.74. The van der Waals surface area contributed by atoms with E-state index >= 15 is 0 Å². The van der Waals surface area contributed by atoms with Gasteiger partial charge in [0.15, 0.2) is 0 Å². The van der Waals surface area contributed by atoms with Crippen molar-refractivity contribution in [2.45, 2.75) is 24.8 Å². The third kappa shape index (κ3) is 5.23. The van der Waals surface area contributed by atoms with Crippen LogP contribution in [-0.2, 0) is 10.0 Å². The highest BCUT2D eigenvalue weighted by molar-refractivity contribution is 7.92. The van der Waals surface area contributed by atoms with E-state index in [2.05, 4.69) is 15.0 Å². The van der Waals surface area contributed by atoms with Gasteiger partial charge in [-0.3, -0.25) is 24.6 Å². The summed E-state index contributed by atoms with van der Waals surface area (Å²) in [6, 6.07) is 12.9. The smallest absolute Gasteiger partial charge is 0.273 e. The Kier molecular flexibility index (Phi) is 6.30. The van der Waals surface area contributed by atoms with Gasteiger partial charge in [-0.15, -0.1) is 0 Å². The molecule has 0 radical (unpaired) electrons. The van der Waals surface area contributed by atoms with E-state index in [9.17, 15) is 23.3 Å². The number of anilines is 1. The number of nitrogens with one attached hydrogen (secondary N) is 2. The summed E-state index contributed by atoms with van der Waals surface area (Å²) in [4.78, 5) is 26.6. The highest BCUT2D eigenvalue weighted by Gasteiger charge is 2.20. The normalized spacial score (nSPS) is 12.1. The molecule has 31 heavy (non-hydrogen) atoms. The molecule has 0 saturated heterocycles. The van der Waals surface area contributed by atoms with Crippen molar-refractivity contribution in [1.29, 1.82) is 0 Å². The molecule has 2 aromatic carbocycles. The van der Waals surface area contributed by atoms with Gasteiger partial charge >= 0.3 is 0 Å². The minimum absolute atomic E-state index is 0.224. The number of hydrogen-bond donors (Lipinski definition) is 2. The maximum absolute atomic E-state index is 12.6. The topological polar surface area (TPSA) is 131 Å². The molecule has 0 bridgehead atoms. The highest BCUT2D eigenvalue weighted by Crippen LogP contribution is 2.24. The number of benzene rings is 2. The number of pyridine rings is 1. The first-order valence-electron chi connectivity index (χ1n) is 9.26. The summed E-state index contributed by atoms with van der Waals surface area (Å²) in [5.74, 6) is -0.312. The molecule has 1 unspecified atom stereocenters. The van der Waals surface area contributed by atoms with Gasteiger partial charge in [-0.25, -0.2) is 8.42 Å². The molecule has 0 aliphatic rings. The number of carbonyl (C=O) groups excluding carboxylic acids is 1. The standard InChI is InChI=1S/C21H20N4O5S/c1-14-3-8-19(13-20(14)25(27)28)31(29,30)24-18-6-4-17(5-7-18)21(26)23-15(2)16-9-11-22-12-10-16/h3-13,15,24H,1-2H3,(H,23,26). The first-order chi connectivity index (χ1) is 14.7. The van der Waals surface area contributed by atoms with E-state index in [0.29, 0.717) is 11.1 Å². The molecular formula is C21H20N4O5S. The number of aryl methyl sites for hydroxylation is 1. The quantitative estimate of drug-likeness (QED) is 0.426. The molecule has 1 heterocycles.